The Bertz CT molecular complexity index is 368. The first-order chi connectivity index (χ1) is 7.52. The maximum absolute atomic E-state index is 13.1. The minimum absolute atomic E-state index is 0.189. The summed E-state index contributed by atoms with van der Waals surface area (Å²) in [5, 5.41) is 9.04. The lowest BCUT2D eigenvalue weighted by atomic mass is 10.2. The number of rotatable bonds is 4. The summed E-state index contributed by atoms with van der Waals surface area (Å²) in [6.45, 7) is 1.20. The topological polar surface area (TPSA) is 72.5 Å². The Labute approximate surface area is 92.8 Å². The number of carbonyl (C=O) groups excluding carboxylic acids is 1. The quantitative estimate of drug-likeness (QED) is 0.738. The first kappa shape index (κ1) is 12.6. The third-order valence-electron chi connectivity index (χ3n) is 2.12. The van der Waals surface area contributed by atoms with Crippen LogP contribution in [0, 0.1) is 5.82 Å². The molecule has 0 fully saturated rings. The minimum atomic E-state index is -1.10. The van der Waals surface area contributed by atoms with E-state index in [1.807, 2.05) is 0 Å². The molecule has 0 aliphatic heterocycles. The van der Waals surface area contributed by atoms with Gasteiger partial charge in [-0.15, -0.1) is 0 Å². The molecule has 0 spiro atoms. The summed E-state index contributed by atoms with van der Waals surface area (Å²) >= 11 is 0. The molecule has 0 aliphatic rings. The molecule has 0 unspecified atom stereocenters. The van der Waals surface area contributed by atoms with Gasteiger partial charge in [0.05, 0.1) is 6.10 Å². The fourth-order valence-corrected chi connectivity index (χ4v) is 1.06. The van der Waals surface area contributed by atoms with Crippen LogP contribution in [0.5, 0.6) is 0 Å². The molecule has 0 saturated heterocycles. The van der Waals surface area contributed by atoms with Crippen LogP contribution in [-0.4, -0.2) is 23.2 Å². The van der Waals surface area contributed by atoms with Crippen molar-refractivity contribution in [2.75, 3.05) is 0 Å². The number of esters is 1. The largest absolute Gasteiger partial charge is 0.459 e. The Morgan fingerprint density at radius 2 is 2.19 bits per heavy atom. The van der Waals surface area contributed by atoms with Crippen LogP contribution in [0.1, 0.15) is 12.5 Å². The molecule has 0 radical (unpaired) electrons. The number of hydrogen-bond acceptors (Lipinski definition) is 4. The Morgan fingerprint density at radius 1 is 1.56 bits per heavy atom. The van der Waals surface area contributed by atoms with Crippen molar-refractivity contribution in [1.82, 2.24) is 0 Å². The van der Waals surface area contributed by atoms with E-state index in [1.165, 1.54) is 19.1 Å². The number of benzene rings is 1. The van der Waals surface area contributed by atoms with Crippen molar-refractivity contribution in [3.63, 3.8) is 0 Å². The van der Waals surface area contributed by atoms with E-state index in [0.717, 1.165) is 0 Å². The van der Waals surface area contributed by atoms with Crippen molar-refractivity contribution in [2.45, 2.75) is 25.7 Å². The van der Waals surface area contributed by atoms with Gasteiger partial charge in [-0.2, -0.15) is 0 Å². The monoisotopic (exact) mass is 227 g/mol. The average molecular weight is 227 g/mol. The van der Waals surface area contributed by atoms with Crippen molar-refractivity contribution in [2.24, 2.45) is 5.73 Å². The molecule has 0 amide bonds. The number of hydrogen-bond donors (Lipinski definition) is 2. The summed E-state index contributed by atoms with van der Waals surface area (Å²) in [6.07, 6.45) is -0.992. The van der Waals surface area contributed by atoms with Gasteiger partial charge in [-0.05, 0) is 13.0 Å². The lowest BCUT2D eigenvalue weighted by Crippen LogP contribution is -2.41. The fraction of sp³-hybridized carbons (Fsp3) is 0.364. The lowest BCUT2D eigenvalue weighted by Gasteiger charge is -2.13. The molecule has 0 bridgehead atoms. The minimum Gasteiger partial charge on any atom is -0.459 e. The first-order valence-electron chi connectivity index (χ1n) is 4.86. The number of nitrogens with two attached hydrogens (primary N) is 1. The zero-order chi connectivity index (χ0) is 12.1. The molecule has 0 saturated carbocycles. The summed E-state index contributed by atoms with van der Waals surface area (Å²) in [7, 11) is 0. The Balaban J connectivity index is 2.52. The molecule has 16 heavy (non-hydrogen) atoms. The van der Waals surface area contributed by atoms with Crippen LogP contribution in [0.3, 0.4) is 0 Å². The maximum atomic E-state index is 13.1. The lowest BCUT2D eigenvalue weighted by molar-refractivity contribution is -0.149. The molecule has 4 nitrogen and oxygen atoms in total. The summed E-state index contributed by atoms with van der Waals surface area (Å²) < 4.78 is 17.9. The third kappa shape index (κ3) is 3.29. The van der Waals surface area contributed by atoms with Crippen LogP contribution in [-0.2, 0) is 16.1 Å². The van der Waals surface area contributed by atoms with Gasteiger partial charge in [-0.25, -0.2) is 4.39 Å². The standard InChI is InChI=1S/C11H14FNO3/c1-7(14)10(13)11(15)16-6-8-4-2-3-5-9(8)12/h2-5,7,10,14H,6,13H2,1H3/t7-,10+/m1/s1. The summed E-state index contributed by atoms with van der Waals surface area (Å²) in [5.74, 6) is -1.20. The number of halogens is 1. The molecular formula is C11H14FNO3. The van der Waals surface area contributed by atoms with E-state index in [4.69, 9.17) is 15.6 Å². The average Bonchev–Trinajstić information content (AvgIpc) is 2.26. The van der Waals surface area contributed by atoms with Crippen molar-refractivity contribution in [3.8, 4) is 0 Å². The SMILES string of the molecule is C[C@@H](O)[C@H](N)C(=O)OCc1ccccc1F. The molecule has 0 heterocycles. The number of aliphatic hydroxyl groups is 1. The van der Waals surface area contributed by atoms with E-state index < -0.39 is 23.9 Å². The first-order valence-corrected chi connectivity index (χ1v) is 4.86. The predicted octanol–water partition coefficient (Wildman–Crippen LogP) is 0.577. The van der Waals surface area contributed by atoms with E-state index in [-0.39, 0.29) is 12.2 Å². The summed E-state index contributed by atoms with van der Waals surface area (Å²) in [5.41, 5.74) is 5.62. The molecule has 2 atom stereocenters. The Morgan fingerprint density at radius 3 is 2.75 bits per heavy atom. The molecule has 1 aromatic rings. The smallest absolute Gasteiger partial charge is 0.325 e. The molecule has 1 aromatic carbocycles. The normalized spacial score (nSPS) is 14.2. The zero-order valence-corrected chi connectivity index (χ0v) is 8.89. The van der Waals surface area contributed by atoms with Crippen molar-refractivity contribution in [1.29, 1.82) is 0 Å². The number of aliphatic hydroxyl groups excluding tert-OH is 1. The highest BCUT2D eigenvalue weighted by molar-refractivity contribution is 5.76. The second kappa shape index (κ2) is 5.58. The summed E-state index contributed by atoms with van der Waals surface area (Å²) in [4.78, 5) is 11.2. The molecular weight excluding hydrogens is 213 g/mol. The van der Waals surface area contributed by atoms with Gasteiger partial charge in [0, 0.05) is 5.56 Å². The van der Waals surface area contributed by atoms with Crippen LogP contribution < -0.4 is 5.73 Å². The zero-order valence-electron chi connectivity index (χ0n) is 8.89. The highest BCUT2D eigenvalue weighted by Crippen LogP contribution is 2.08. The van der Waals surface area contributed by atoms with Gasteiger partial charge in [0.25, 0.3) is 0 Å². The van der Waals surface area contributed by atoms with Gasteiger partial charge in [0.2, 0.25) is 0 Å². The van der Waals surface area contributed by atoms with Crippen LogP contribution in [0.15, 0.2) is 24.3 Å². The van der Waals surface area contributed by atoms with Crippen LogP contribution >= 0.6 is 0 Å². The highest BCUT2D eigenvalue weighted by Gasteiger charge is 2.20. The van der Waals surface area contributed by atoms with Crippen LogP contribution in [0.2, 0.25) is 0 Å². The second-order valence-corrected chi connectivity index (χ2v) is 3.47. The second-order valence-electron chi connectivity index (χ2n) is 3.47. The molecule has 0 aliphatic carbocycles. The van der Waals surface area contributed by atoms with Crippen LogP contribution in [0.4, 0.5) is 4.39 Å². The predicted molar refractivity (Wildman–Crippen MR) is 55.9 cm³/mol. The number of carbonyl (C=O) groups is 1. The van der Waals surface area contributed by atoms with E-state index in [1.54, 1.807) is 12.1 Å². The van der Waals surface area contributed by atoms with E-state index in [2.05, 4.69) is 0 Å². The van der Waals surface area contributed by atoms with Gasteiger partial charge in [-0.3, -0.25) is 4.79 Å². The Kier molecular flexibility index (Phi) is 4.39. The molecule has 5 heteroatoms. The van der Waals surface area contributed by atoms with E-state index in [9.17, 15) is 9.18 Å². The maximum Gasteiger partial charge on any atom is 0.325 e. The van der Waals surface area contributed by atoms with Crippen molar-refractivity contribution < 1.29 is 19.0 Å². The van der Waals surface area contributed by atoms with Gasteiger partial charge in [-0.1, -0.05) is 18.2 Å². The van der Waals surface area contributed by atoms with Gasteiger partial charge in [0.1, 0.15) is 18.5 Å². The van der Waals surface area contributed by atoms with E-state index >= 15 is 0 Å². The van der Waals surface area contributed by atoms with Crippen LogP contribution in [0.25, 0.3) is 0 Å². The molecule has 88 valence electrons. The van der Waals surface area contributed by atoms with Gasteiger partial charge >= 0.3 is 5.97 Å². The third-order valence-corrected chi connectivity index (χ3v) is 2.12. The molecule has 1 rings (SSSR count). The molecule has 3 N–H and O–H groups in total. The fourth-order valence-electron chi connectivity index (χ4n) is 1.06. The van der Waals surface area contributed by atoms with Gasteiger partial charge < -0.3 is 15.6 Å². The van der Waals surface area contributed by atoms with Gasteiger partial charge in [0.15, 0.2) is 0 Å². The summed E-state index contributed by atoms with van der Waals surface area (Å²) in [6, 6.07) is 4.86. The highest BCUT2D eigenvalue weighted by atomic mass is 19.1. The molecule has 0 aromatic heterocycles. The Hall–Kier alpha value is -1.46. The van der Waals surface area contributed by atoms with E-state index in [0.29, 0.717) is 0 Å². The van der Waals surface area contributed by atoms with Crippen molar-refractivity contribution >= 4 is 5.97 Å². The number of ether oxygens (including phenoxy) is 1. The van der Waals surface area contributed by atoms with Crippen molar-refractivity contribution in [3.05, 3.63) is 35.6 Å².